The van der Waals surface area contributed by atoms with Crippen molar-refractivity contribution in [3.63, 3.8) is 0 Å². The maximum atomic E-state index is 5.85. The summed E-state index contributed by atoms with van der Waals surface area (Å²) in [6.45, 7) is 9.33. The van der Waals surface area contributed by atoms with E-state index in [1.54, 1.807) is 11.3 Å². The highest BCUT2D eigenvalue weighted by Gasteiger charge is 2.21. The van der Waals surface area contributed by atoms with Crippen molar-refractivity contribution in [3.8, 4) is 0 Å². The van der Waals surface area contributed by atoms with Crippen LogP contribution in [0.3, 0.4) is 0 Å². The molecule has 3 N–H and O–H groups in total. The van der Waals surface area contributed by atoms with E-state index in [9.17, 15) is 0 Å². The monoisotopic (exact) mass is 253 g/mol. The van der Waals surface area contributed by atoms with Crippen molar-refractivity contribution >= 4 is 17.3 Å². The first-order valence-corrected chi connectivity index (χ1v) is 6.94. The third-order valence-electron chi connectivity index (χ3n) is 2.84. The summed E-state index contributed by atoms with van der Waals surface area (Å²) < 4.78 is 0. The number of thiophene rings is 1. The molecule has 0 saturated heterocycles. The molecule has 3 nitrogen and oxygen atoms in total. The van der Waals surface area contributed by atoms with Gasteiger partial charge in [-0.15, -0.1) is 11.3 Å². The second kappa shape index (κ2) is 6.05. The zero-order valence-electron chi connectivity index (χ0n) is 11.2. The predicted octanol–water partition coefficient (Wildman–Crippen LogP) is 2.73. The zero-order chi connectivity index (χ0) is 12.9. The summed E-state index contributed by atoms with van der Waals surface area (Å²) in [6, 6.07) is 4.61. The molecule has 0 aliphatic heterocycles. The van der Waals surface area contributed by atoms with E-state index in [1.165, 1.54) is 4.88 Å². The van der Waals surface area contributed by atoms with Gasteiger partial charge >= 0.3 is 0 Å². The topological polar surface area (TPSA) is 50.4 Å². The lowest BCUT2D eigenvalue weighted by atomic mass is 9.92. The quantitative estimate of drug-likeness (QED) is 0.626. The van der Waals surface area contributed by atoms with E-state index in [0.29, 0.717) is 18.5 Å². The van der Waals surface area contributed by atoms with Crippen LogP contribution in [0.1, 0.15) is 39.0 Å². The summed E-state index contributed by atoms with van der Waals surface area (Å²) in [6.07, 6.45) is 1.05. The van der Waals surface area contributed by atoms with Gasteiger partial charge in [0, 0.05) is 16.3 Å². The van der Waals surface area contributed by atoms with Gasteiger partial charge in [0.1, 0.15) is 0 Å². The van der Waals surface area contributed by atoms with Crippen molar-refractivity contribution < 1.29 is 0 Å². The molecule has 0 amide bonds. The fraction of sp³-hybridized carbons (Fsp3) is 0.615. The summed E-state index contributed by atoms with van der Waals surface area (Å²) in [4.78, 5) is 5.77. The number of aliphatic imine (C=N–C) groups is 1. The summed E-state index contributed by atoms with van der Waals surface area (Å²) in [7, 11) is 0. The van der Waals surface area contributed by atoms with E-state index in [1.807, 2.05) is 0 Å². The Morgan fingerprint density at radius 2 is 2.29 bits per heavy atom. The van der Waals surface area contributed by atoms with Crippen LogP contribution in [0.15, 0.2) is 22.5 Å². The molecule has 1 heterocycles. The normalized spacial score (nSPS) is 14.7. The van der Waals surface area contributed by atoms with Crippen molar-refractivity contribution in [2.45, 2.75) is 45.6 Å². The molecular weight excluding hydrogens is 230 g/mol. The Bertz CT molecular complexity index is 355. The van der Waals surface area contributed by atoms with Gasteiger partial charge in [-0.05, 0) is 24.8 Å². The molecular formula is C13H23N3S. The van der Waals surface area contributed by atoms with E-state index >= 15 is 0 Å². The van der Waals surface area contributed by atoms with E-state index in [2.05, 4.69) is 55.5 Å². The molecule has 17 heavy (non-hydrogen) atoms. The molecule has 1 atom stereocenters. The van der Waals surface area contributed by atoms with Gasteiger partial charge in [0.25, 0.3) is 0 Å². The van der Waals surface area contributed by atoms with Crippen LogP contribution < -0.4 is 11.1 Å². The first kappa shape index (κ1) is 14.0. The minimum absolute atomic E-state index is 0.0515. The molecule has 1 aromatic rings. The van der Waals surface area contributed by atoms with Crippen molar-refractivity contribution in [3.05, 3.63) is 22.4 Å². The van der Waals surface area contributed by atoms with E-state index < -0.39 is 0 Å². The second-order valence-corrected chi connectivity index (χ2v) is 5.96. The lowest BCUT2D eigenvalue weighted by Gasteiger charge is -2.21. The van der Waals surface area contributed by atoms with Crippen molar-refractivity contribution in [1.29, 1.82) is 0 Å². The van der Waals surface area contributed by atoms with Crippen LogP contribution in [0.4, 0.5) is 0 Å². The number of nitrogens with zero attached hydrogens (tertiary/aromatic N) is 1. The fourth-order valence-corrected chi connectivity index (χ4v) is 2.27. The maximum absolute atomic E-state index is 5.85. The van der Waals surface area contributed by atoms with Gasteiger partial charge in [-0.25, -0.2) is 0 Å². The van der Waals surface area contributed by atoms with Crippen molar-refractivity contribution in [1.82, 2.24) is 5.32 Å². The lowest BCUT2D eigenvalue weighted by Crippen LogP contribution is -2.39. The Morgan fingerprint density at radius 1 is 1.59 bits per heavy atom. The first-order valence-electron chi connectivity index (χ1n) is 6.06. The average Bonchev–Trinajstić information content (AvgIpc) is 2.80. The van der Waals surface area contributed by atoms with Gasteiger partial charge < -0.3 is 11.1 Å². The number of hydrogen-bond donors (Lipinski definition) is 2. The molecule has 0 fully saturated rings. The van der Waals surface area contributed by atoms with E-state index in [4.69, 9.17) is 5.73 Å². The number of rotatable bonds is 5. The molecule has 0 aliphatic carbocycles. The molecule has 0 saturated carbocycles. The Hall–Kier alpha value is -1.03. The molecule has 1 aromatic heterocycles. The Balaban J connectivity index is 2.57. The average molecular weight is 253 g/mol. The standard InChI is InChI=1S/C13H23N3S/c1-5-10(2)16-12(14)15-9-13(3,4)11-7-6-8-17-11/h6-8,10H,5,9H2,1-4H3,(H3,14,15,16). The molecule has 0 bridgehead atoms. The molecule has 4 heteroatoms. The van der Waals surface area contributed by atoms with Crippen LogP contribution in [0, 0.1) is 0 Å². The van der Waals surface area contributed by atoms with Crippen LogP contribution in [-0.2, 0) is 5.41 Å². The second-order valence-electron chi connectivity index (χ2n) is 5.02. The minimum atomic E-state index is 0.0515. The predicted molar refractivity (Wildman–Crippen MR) is 76.7 cm³/mol. The molecule has 0 spiro atoms. The number of nitrogens with two attached hydrogens (primary N) is 1. The highest BCUT2D eigenvalue weighted by Crippen LogP contribution is 2.27. The third kappa shape index (κ3) is 4.38. The summed E-state index contributed by atoms with van der Waals surface area (Å²) in [5.41, 5.74) is 5.90. The minimum Gasteiger partial charge on any atom is -0.370 e. The molecule has 0 radical (unpaired) electrons. The SMILES string of the molecule is CCC(C)NC(N)=NCC(C)(C)c1cccs1. The van der Waals surface area contributed by atoms with Gasteiger partial charge in [-0.1, -0.05) is 26.8 Å². The van der Waals surface area contributed by atoms with Gasteiger partial charge in [0.05, 0.1) is 6.54 Å². The van der Waals surface area contributed by atoms with Gasteiger partial charge in [-0.2, -0.15) is 0 Å². The fourth-order valence-electron chi connectivity index (χ4n) is 1.42. The molecule has 1 rings (SSSR count). The largest absolute Gasteiger partial charge is 0.370 e. The van der Waals surface area contributed by atoms with Crippen molar-refractivity contribution in [2.24, 2.45) is 10.7 Å². The zero-order valence-corrected chi connectivity index (χ0v) is 12.0. The van der Waals surface area contributed by atoms with E-state index in [-0.39, 0.29) is 5.41 Å². The Morgan fingerprint density at radius 3 is 2.82 bits per heavy atom. The molecule has 0 aliphatic rings. The Kier molecular flexibility index (Phi) is 5.00. The summed E-state index contributed by atoms with van der Waals surface area (Å²) >= 11 is 1.77. The molecule has 1 unspecified atom stereocenters. The number of guanidine groups is 1. The smallest absolute Gasteiger partial charge is 0.188 e. The number of nitrogens with one attached hydrogen (secondary N) is 1. The van der Waals surface area contributed by atoms with Crippen LogP contribution >= 0.6 is 11.3 Å². The molecule has 96 valence electrons. The first-order chi connectivity index (χ1) is 7.95. The van der Waals surface area contributed by atoms with E-state index in [0.717, 1.165) is 6.42 Å². The van der Waals surface area contributed by atoms with Crippen LogP contribution in [0.5, 0.6) is 0 Å². The van der Waals surface area contributed by atoms with Crippen LogP contribution in [0.25, 0.3) is 0 Å². The molecule has 0 aromatic carbocycles. The highest BCUT2D eigenvalue weighted by atomic mass is 32.1. The van der Waals surface area contributed by atoms with Crippen molar-refractivity contribution in [2.75, 3.05) is 6.54 Å². The highest BCUT2D eigenvalue weighted by molar-refractivity contribution is 7.10. The summed E-state index contributed by atoms with van der Waals surface area (Å²) in [5, 5.41) is 5.28. The van der Waals surface area contributed by atoms with Gasteiger partial charge in [-0.3, -0.25) is 4.99 Å². The summed E-state index contributed by atoms with van der Waals surface area (Å²) in [5.74, 6) is 0.545. The number of hydrogen-bond acceptors (Lipinski definition) is 2. The van der Waals surface area contributed by atoms with Gasteiger partial charge in [0.15, 0.2) is 5.96 Å². The van der Waals surface area contributed by atoms with Crippen LogP contribution in [-0.4, -0.2) is 18.5 Å². The van der Waals surface area contributed by atoms with Crippen LogP contribution in [0.2, 0.25) is 0 Å². The third-order valence-corrected chi connectivity index (χ3v) is 4.08. The van der Waals surface area contributed by atoms with Gasteiger partial charge in [0.2, 0.25) is 0 Å². The lowest BCUT2D eigenvalue weighted by molar-refractivity contribution is 0.547. The maximum Gasteiger partial charge on any atom is 0.188 e. The Labute approximate surface area is 108 Å².